The highest BCUT2D eigenvalue weighted by Crippen LogP contribution is 2.32. The maximum atomic E-state index is 8.61. The van der Waals surface area contributed by atoms with Crippen LogP contribution >= 0.6 is 0 Å². The minimum absolute atomic E-state index is 0.0743. The normalized spacial score (nSPS) is 11.5. The molecule has 7 heteroatoms. The summed E-state index contributed by atoms with van der Waals surface area (Å²) >= 11 is 0. The molecule has 1 aromatic heterocycles. The molecule has 0 aliphatic heterocycles. The van der Waals surface area contributed by atoms with Crippen molar-refractivity contribution in [3.8, 4) is 23.0 Å². The van der Waals surface area contributed by atoms with E-state index in [1.165, 1.54) is 0 Å². The minimum Gasteiger partial charge on any atom is -0.493 e. The molecule has 2 rings (SSSR count). The first-order valence-corrected chi connectivity index (χ1v) is 6.24. The molecule has 112 valence electrons. The van der Waals surface area contributed by atoms with Crippen molar-refractivity contribution in [3.05, 3.63) is 29.7 Å². The lowest BCUT2D eigenvalue weighted by Crippen LogP contribution is -2.15. The van der Waals surface area contributed by atoms with Crippen LogP contribution in [-0.2, 0) is 6.42 Å². The monoisotopic (exact) mass is 291 g/mol. The number of oxazole rings is 1. The summed E-state index contributed by atoms with van der Waals surface area (Å²) < 4.78 is 16.1. The van der Waals surface area contributed by atoms with E-state index in [9.17, 15) is 0 Å². The number of nitrogens with two attached hydrogens (primary N) is 1. The van der Waals surface area contributed by atoms with Crippen molar-refractivity contribution in [2.75, 3.05) is 14.2 Å². The van der Waals surface area contributed by atoms with Crippen molar-refractivity contribution >= 4 is 5.84 Å². The topological polar surface area (TPSA) is 103 Å². The summed E-state index contributed by atoms with van der Waals surface area (Å²) in [6.45, 7) is 1.78. The third kappa shape index (κ3) is 3.07. The first-order valence-electron chi connectivity index (χ1n) is 6.24. The predicted octanol–water partition coefficient (Wildman–Crippen LogP) is 1.96. The van der Waals surface area contributed by atoms with Gasteiger partial charge in [-0.25, -0.2) is 4.98 Å². The third-order valence-corrected chi connectivity index (χ3v) is 3.00. The second-order valence-corrected chi connectivity index (χ2v) is 4.36. The zero-order valence-corrected chi connectivity index (χ0v) is 12.1. The quantitative estimate of drug-likeness (QED) is 0.378. The molecule has 1 aromatic carbocycles. The molecule has 0 saturated carbocycles. The molecule has 0 fully saturated rings. The van der Waals surface area contributed by atoms with E-state index in [1.807, 2.05) is 6.07 Å². The van der Waals surface area contributed by atoms with Crippen molar-refractivity contribution in [1.29, 1.82) is 0 Å². The van der Waals surface area contributed by atoms with Gasteiger partial charge in [0.25, 0.3) is 0 Å². The van der Waals surface area contributed by atoms with Crippen LogP contribution in [0.15, 0.2) is 27.8 Å². The van der Waals surface area contributed by atoms with Gasteiger partial charge in [-0.3, -0.25) is 0 Å². The molecule has 0 radical (unpaired) electrons. The molecule has 0 amide bonds. The van der Waals surface area contributed by atoms with Crippen LogP contribution < -0.4 is 15.2 Å². The molecule has 2 aromatic rings. The van der Waals surface area contributed by atoms with Crippen molar-refractivity contribution in [2.24, 2.45) is 10.9 Å². The average Bonchev–Trinajstić information content (AvgIpc) is 2.87. The van der Waals surface area contributed by atoms with Crippen LogP contribution in [0.2, 0.25) is 0 Å². The SMILES string of the molecule is COc1ccc(-c2nc(C/C(N)=N\O)c(C)o2)cc1OC. The summed E-state index contributed by atoms with van der Waals surface area (Å²) in [4.78, 5) is 4.36. The van der Waals surface area contributed by atoms with Gasteiger partial charge in [0.1, 0.15) is 11.6 Å². The standard InChI is InChI=1S/C14H17N3O4/c1-8-10(7-13(15)17-18)16-14(21-8)9-4-5-11(19-2)12(6-9)20-3/h4-6,18H,7H2,1-3H3,(H2,15,17). The van der Waals surface area contributed by atoms with E-state index in [0.29, 0.717) is 28.8 Å². The number of aromatic nitrogens is 1. The Kier molecular flexibility index (Phi) is 4.32. The van der Waals surface area contributed by atoms with Crippen molar-refractivity contribution in [3.63, 3.8) is 0 Å². The number of rotatable bonds is 5. The fourth-order valence-corrected chi connectivity index (χ4v) is 1.89. The number of ether oxygens (including phenoxy) is 2. The van der Waals surface area contributed by atoms with Gasteiger partial charge in [-0.2, -0.15) is 0 Å². The third-order valence-electron chi connectivity index (χ3n) is 3.00. The summed E-state index contributed by atoms with van der Waals surface area (Å²) in [6.07, 6.45) is 0.221. The predicted molar refractivity (Wildman–Crippen MR) is 76.9 cm³/mol. The molecule has 7 nitrogen and oxygen atoms in total. The highest BCUT2D eigenvalue weighted by atomic mass is 16.5. The van der Waals surface area contributed by atoms with E-state index in [2.05, 4.69) is 10.1 Å². The molecule has 1 heterocycles. The summed E-state index contributed by atoms with van der Waals surface area (Å²) in [7, 11) is 3.13. The van der Waals surface area contributed by atoms with Crippen LogP contribution in [0.25, 0.3) is 11.5 Å². The maximum absolute atomic E-state index is 8.61. The van der Waals surface area contributed by atoms with Crippen LogP contribution in [0.1, 0.15) is 11.5 Å². The van der Waals surface area contributed by atoms with Gasteiger partial charge >= 0.3 is 0 Å². The van der Waals surface area contributed by atoms with E-state index in [1.54, 1.807) is 33.3 Å². The lowest BCUT2D eigenvalue weighted by Gasteiger charge is -2.07. The molecule has 0 atom stereocenters. The smallest absolute Gasteiger partial charge is 0.226 e. The van der Waals surface area contributed by atoms with Gasteiger partial charge in [-0.1, -0.05) is 5.16 Å². The second-order valence-electron chi connectivity index (χ2n) is 4.36. The Bertz CT molecular complexity index is 664. The van der Waals surface area contributed by atoms with Crippen LogP contribution in [0.4, 0.5) is 0 Å². The van der Waals surface area contributed by atoms with Gasteiger partial charge in [0.05, 0.1) is 26.3 Å². The summed E-state index contributed by atoms with van der Waals surface area (Å²) in [6, 6.07) is 5.37. The highest BCUT2D eigenvalue weighted by molar-refractivity contribution is 5.81. The van der Waals surface area contributed by atoms with Crippen LogP contribution in [0.3, 0.4) is 0 Å². The van der Waals surface area contributed by atoms with Crippen molar-refractivity contribution in [2.45, 2.75) is 13.3 Å². The molecular weight excluding hydrogens is 274 g/mol. The first kappa shape index (κ1) is 14.7. The van der Waals surface area contributed by atoms with Crippen molar-refractivity contribution < 1.29 is 19.1 Å². The van der Waals surface area contributed by atoms with Gasteiger partial charge in [0.15, 0.2) is 11.5 Å². The second kappa shape index (κ2) is 6.17. The molecule has 0 saturated heterocycles. The van der Waals surface area contributed by atoms with Gasteiger partial charge in [-0.05, 0) is 25.1 Å². The maximum Gasteiger partial charge on any atom is 0.226 e. The van der Waals surface area contributed by atoms with Gasteiger partial charge in [0, 0.05) is 5.56 Å². The number of benzene rings is 1. The molecule has 21 heavy (non-hydrogen) atoms. The number of hydrogen-bond donors (Lipinski definition) is 2. The highest BCUT2D eigenvalue weighted by Gasteiger charge is 2.14. The molecule has 3 N–H and O–H groups in total. The van der Waals surface area contributed by atoms with E-state index in [0.717, 1.165) is 5.56 Å². The van der Waals surface area contributed by atoms with E-state index in [4.69, 9.17) is 24.8 Å². The minimum atomic E-state index is 0.0743. The Hall–Kier alpha value is -2.70. The van der Waals surface area contributed by atoms with Gasteiger partial charge < -0.3 is 24.8 Å². The lowest BCUT2D eigenvalue weighted by molar-refractivity contribution is 0.317. The first-order chi connectivity index (χ1) is 10.1. The molecule has 0 spiro atoms. The number of methoxy groups -OCH3 is 2. The van der Waals surface area contributed by atoms with Crippen LogP contribution in [0.5, 0.6) is 11.5 Å². The van der Waals surface area contributed by atoms with Gasteiger partial charge in [-0.15, -0.1) is 0 Å². The Morgan fingerprint density at radius 2 is 2.05 bits per heavy atom. The number of oxime groups is 1. The summed E-state index contributed by atoms with van der Waals surface area (Å²) in [5, 5.41) is 11.5. The molecule has 0 unspecified atom stereocenters. The summed E-state index contributed by atoms with van der Waals surface area (Å²) in [5.41, 5.74) is 6.86. The zero-order valence-electron chi connectivity index (χ0n) is 12.1. The fourth-order valence-electron chi connectivity index (χ4n) is 1.89. The van der Waals surface area contributed by atoms with Crippen molar-refractivity contribution in [1.82, 2.24) is 4.98 Å². The van der Waals surface area contributed by atoms with E-state index in [-0.39, 0.29) is 12.3 Å². The summed E-state index contributed by atoms with van der Waals surface area (Å²) in [5.74, 6) is 2.34. The number of hydrogen-bond acceptors (Lipinski definition) is 6. The molecule has 0 bridgehead atoms. The Morgan fingerprint density at radius 3 is 2.67 bits per heavy atom. The lowest BCUT2D eigenvalue weighted by atomic mass is 10.2. The van der Waals surface area contributed by atoms with Crippen LogP contribution in [0, 0.1) is 6.92 Å². The Balaban J connectivity index is 2.36. The zero-order chi connectivity index (χ0) is 15.4. The van der Waals surface area contributed by atoms with E-state index < -0.39 is 0 Å². The molecular formula is C14H17N3O4. The number of amidine groups is 1. The van der Waals surface area contributed by atoms with Gasteiger partial charge in [0.2, 0.25) is 5.89 Å². The Labute approximate surface area is 122 Å². The molecule has 0 aliphatic rings. The fraction of sp³-hybridized carbons (Fsp3) is 0.286. The largest absolute Gasteiger partial charge is 0.493 e. The molecule has 0 aliphatic carbocycles. The number of aryl methyl sites for hydroxylation is 1. The average molecular weight is 291 g/mol. The van der Waals surface area contributed by atoms with Crippen LogP contribution in [-0.4, -0.2) is 30.2 Å². The van der Waals surface area contributed by atoms with E-state index >= 15 is 0 Å². The Morgan fingerprint density at radius 1 is 1.33 bits per heavy atom. The number of nitrogens with zero attached hydrogens (tertiary/aromatic N) is 2.